The molecule has 0 aliphatic heterocycles. The van der Waals surface area contributed by atoms with Gasteiger partial charge in [0.2, 0.25) is 0 Å². The zero-order valence-corrected chi connectivity index (χ0v) is 24.4. The van der Waals surface area contributed by atoms with Crippen LogP contribution in [0.15, 0.2) is 48.5 Å². The summed E-state index contributed by atoms with van der Waals surface area (Å²) in [6.07, 6.45) is 3.18. The molecule has 0 fully saturated rings. The molecule has 5 heteroatoms. The van der Waals surface area contributed by atoms with E-state index in [0.29, 0.717) is 11.8 Å². The average Bonchev–Trinajstić information content (AvgIpc) is 2.78. The van der Waals surface area contributed by atoms with Gasteiger partial charge in [0.15, 0.2) is 0 Å². The van der Waals surface area contributed by atoms with E-state index >= 15 is 0 Å². The van der Waals surface area contributed by atoms with Crippen LogP contribution in [0.25, 0.3) is 5.73 Å². The van der Waals surface area contributed by atoms with Crippen LogP contribution in [0.4, 0.5) is 0 Å². The Hall–Kier alpha value is 0.382. The summed E-state index contributed by atoms with van der Waals surface area (Å²) in [6, 6.07) is 15.9. The first kappa shape index (κ1) is 29.4. The van der Waals surface area contributed by atoms with Crippen LogP contribution < -0.4 is 0 Å². The van der Waals surface area contributed by atoms with E-state index in [9.17, 15) is 5.11 Å². The molecule has 29 heavy (non-hydrogen) atoms. The van der Waals surface area contributed by atoms with Crippen LogP contribution >= 0.6 is 23.2 Å². The summed E-state index contributed by atoms with van der Waals surface area (Å²) in [5.41, 5.74) is 11.4. The standard InChI is InChI=1S/C12H17ClN.C12H17ClO.Ac/c2*1-3-12(14,4-2)11-7-5-10(9-13)6-8-11;/h2*5-8,14H,3-4,9H2,1-2H3;/q-1;;. The van der Waals surface area contributed by atoms with Gasteiger partial charge in [-0.1, -0.05) is 94.6 Å². The fraction of sp³-hybridized carbons (Fsp3) is 0.500. The van der Waals surface area contributed by atoms with Gasteiger partial charge in [-0.3, -0.25) is 0 Å². The first-order valence-electron chi connectivity index (χ1n) is 10.1. The number of nitrogens with one attached hydrogen (secondary N) is 1. The van der Waals surface area contributed by atoms with Gasteiger partial charge in [0.1, 0.15) is 0 Å². The summed E-state index contributed by atoms with van der Waals surface area (Å²) >= 11 is 11.4. The zero-order chi connectivity index (χ0) is 21.2. The minimum absolute atomic E-state index is 0. The third kappa shape index (κ3) is 8.44. The molecule has 2 aromatic rings. The molecule has 0 amide bonds. The number of halogens is 2. The summed E-state index contributed by atoms with van der Waals surface area (Å²) < 4.78 is 0. The first-order valence-corrected chi connectivity index (χ1v) is 11.2. The molecule has 0 aromatic heterocycles. The van der Waals surface area contributed by atoms with Gasteiger partial charge in [-0.15, -0.1) is 28.7 Å². The molecular weight excluding hydrogens is 616 g/mol. The predicted octanol–water partition coefficient (Wildman–Crippen LogP) is 7.93. The predicted molar refractivity (Wildman–Crippen MR) is 123 cm³/mol. The van der Waals surface area contributed by atoms with Crippen molar-refractivity contribution in [2.24, 2.45) is 0 Å². The molecule has 0 bridgehead atoms. The summed E-state index contributed by atoms with van der Waals surface area (Å²) in [5.74, 6) is 1.07. The Morgan fingerprint density at radius 2 is 1.03 bits per heavy atom. The minimum Gasteiger partial charge on any atom is -0.668 e. The molecule has 0 saturated heterocycles. The Morgan fingerprint density at radius 3 is 1.31 bits per heavy atom. The van der Waals surface area contributed by atoms with E-state index in [4.69, 9.17) is 28.9 Å². The maximum absolute atomic E-state index is 10.2. The molecule has 0 heterocycles. The van der Waals surface area contributed by atoms with Crippen LogP contribution in [0.1, 0.15) is 75.6 Å². The summed E-state index contributed by atoms with van der Waals surface area (Å²) in [7, 11) is 0. The maximum Gasteiger partial charge on any atom is 0.0891 e. The number of hydrogen-bond acceptors (Lipinski definition) is 1. The zero-order valence-electron chi connectivity index (χ0n) is 18.1. The molecule has 2 aromatic carbocycles. The van der Waals surface area contributed by atoms with Crippen molar-refractivity contribution < 1.29 is 49.2 Å². The van der Waals surface area contributed by atoms with Crippen molar-refractivity contribution in [3.8, 4) is 0 Å². The fourth-order valence-corrected chi connectivity index (χ4v) is 3.49. The Balaban J connectivity index is 0.000000523. The first-order chi connectivity index (χ1) is 13.3. The quantitative estimate of drug-likeness (QED) is 0.290. The molecule has 2 rings (SSSR count). The molecule has 1 radical (unpaired) electrons. The van der Waals surface area contributed by atoms with Gasteiger partial charge in [-0.05, 0) is 29.5 Å². The summed E-state index contributed by atoms with van der Waals surface area (Å²) in [4.78, 5) is 0. The third-order valence-electron chi connectivity index (χ3n) is 5.68. The van der Waals surface area contributed by atoms with Gasteiger partial charge >= 0.3 is 0 Å². The van der Waals surface area contributed by atoms with Crippen molar-refractivity contribution in [2.45, 2.75) is 76.3 Å². The van der Waals surface area contributed by atoms with Gasteiger partial charge in [0, 0.05) is 55.8 Å². The number of hydrogen-bond donors (Lipinski definition) is 1. The van der Waals surface area contributed by atoms with Crippen LogP contribution in [0, 0.1) is 44.1 Å². The van der Waals surface area contributed by atoms with Crippen LogP contribution in [0.5, 0.6) is 0 Å². The van der Waals surface area contributed by atoms with Crippen molar-refractivity contribution in [1.29, 1.82) is 0 Å². The second-order valence-corrected chi connectivity index (χ2v) is 7.72. The van der Waals surface area contributed by atoms with Crippen molar-refractivity contribution in [3.63, 3.8) is 0 Å². The molecule has 0 saturated carbocycles. The molecule has 0 aliphatic carbocycles. The largest absolute Gasteiger partial charge is 0.668 e. The molecule has 0 spiro atoms. The Bertz CT molecular complexity index is 620. The van der Waals surface area contributed by atoms with Crippen molar-refractivity contribution in [3.05, 3.63) is 76.5 Å². The van der Waals surface area contributed by atoms with Crippen LogP contribution in [-0.4, -0.2) is 5.11 Å². The average molecular weight is 650 g/mol. The monoisotopic (exact) mass is 649 g/mol. The summed E-state index contributed by atoms with van der Waals surface area (Å²) in [6.45, 7) is 8.12. The Morgan fingerprint density at radius 1 is 0.690 bits per heavy atom. The Labute approximate surface area is 223 Å². The number of alkyl halides is 2. The Kier molecular flexibility index (Phi) is 14.6. The molecule has 0 unspecified atom stereocenters. The number of rotatable bonds is 8. The van der Waals surface area contributed by atoms with E-state index in [0.717, 1.165) is 47.9 Å². The van der Waals surface area contributed by atoms with E-state index in [1.807, 2.05) is 62.4 Å². The van der Waals surface area contributed by atoms with Crippen molar-refractivity contribution in [2.75, 3.05) is 0 Å². The second kappa shape index (κ2) is 14.4. The second-order valence-electron chi connectivity index (χ2n) is 7.19. The molecule has 159 valence electrons. The van der Waals surface area contributed by atoms with Crippen LogP contribution in [0.2, 0.25) is 0 Å². The van der Waals surface area contributed by atoms with E-state index in [1.165, 1.54) is 0 Å². The topological polar surface area (TPSA) is 44.0 Å². The normalized spacial score (nSPS) is 11.3. The van der Waals surface area contributed by atoms with Gasteiger partial charge in [-0.25, -0.2) is 0 Å². The molecule has 2 nitrogen and oxygen atoms in total. The summed E-state index contributed by atoms with van der Waals surface area (Å²) in [5, 5.41) is 10.2. The SMILES string of the molecule is CCC(O)(CC)c1ccc(CCl)cc1.CCC([NH-])(CC)c1ccc(CCl)cc1.[Ac]. The minimum atomic E-state index is -0.676. The molecular formula is C24H34AcCl2NO-. The van der Waals surface area contributed by atoms with Crippen molar-refractivity contribution in [1.82, 2.24) is 0 Å². The molecule has 0 atom stereocenters. The van der Waals surface area contributed by atoms with Crippen LogP contribution in [0.3, 0.4) is 0 Å². The number of benzene rings is 2. The van der Waals surface area contributed by atoms with E-state index in [-0.39, 0.29) is 44.1 Å². The van der Waals surface area contributed by atoms with Crippen LogP contribution in [-0.2, 0) is 22.9 Å². The van der Waals surface area contributed by atoms with E-state index in [2.05, 4.69) is 13.8 Å². The molecule has 0 aliphatic rings. The molecule has 2 N–H and O–H groups in total. The third-order valence-corrected chi connectivity index (χ3v) is 6.30. The van der Waals surface area contributed by atoms with Gasteiger partial charge < -0.3 is 10.8 Å². The smallest absolute Gasteiger partial charge is 0.0891 e. The fourth-order valence-electron chi connectivity index (χ4n) is 3.13. The number of aliphatic hydroxyl groups is 1. The van der Waals surface area contributed by atoms with Gasteiger partial charge in [0.05, 0.1) is 5.60 Å². The van der Waals surface area contributed by atoms with E-state index < -0.39 is 11.1 Å². The van der Waals surface area contributed by atoms with E-state index in [1.54, 1.807) is 0 Å². The van der Waals surface area contributed by atoms with Gasteiger partial charge in [-0.2, -0.15) is 0 Å². The maximum atomic E-state index is 10.2. The van der Waals surface area contributed by atoms with Gasteiger partial charge in [0.25, 0.3) is 0 Å². The van der Waals surface area contributed by atoms with Crippen molar-refractivity contribution >= 4 is 23.2 Å².